The fraction of sp³-hybridized carbons (Fsp3) is 0. The van der Waals surface area contributed by atoms with Crippen LogP contribution in [0.1, 0.15) is 0 Å². The van der Waals surface area contributed by atoms with Gasteiger partial charge in [-0.3, -0.25) is 0 Å². The number of nitrogens with zero attached hydrogens (tertiary/aromatic N) is 2. The van der Waals surface area contributed by atoms with E-state index in [2.05, 4.69) is 44.2 Å². The number of hydrogen-bond acceptors (Lipinski definition) is 2. The lowest BCUT2D eigenvalue weighted by atomic mass is 10.1. The quantitative estimate of drug-likeness (QED) is 0.493. The maximum Gasteiger partial charge on any atom is 0.138 e. The standard InChI is InChI=1S/C20H14N4/c1-2-6-16-15(5-1)21-19(22-16)13-9-11-14(12-10-13)20-23-17-7-3-4-8-18(17)24-20/h1-12H,(H,21,22)(H,23,24). The fourth-order valence-corrected chi connectivity index (χ4v) is 2.97. The molecule has 0 aliphatic carbocycles. The molecule has 0 aliphatic heterocycles. The number of rotatable bonds is 2. The normalized spacial score (nSPS) is 11.3. The summed E-state index contributed by atoms with van der Waals surface area (Å²) in [5.74, 6) is 1.76. The highest BCUT2D eigenvalue weighted by atomic mass is 14.9. The molecule has 0 spiro atoms. The summed E-state index contributed by atoms with van der Waals surface area (Å²) in [6.07, 6.45) is 0. The molecule has 0 fully saturated rings. The Morgan fingerprint density at radius 2 is 0.917 bits per heavy atom. The van der Waals surface area contributed by atoms with E-state index in [1.165, 1.54) is 0 Å². The molecule has 2 N–H and O–H groups in total. The molecule has 5 rings (SSSR count). The summed E-state index contributed by atoms with van der Waals surface area (Å²) in [7, 11) is 0. The zero-order chi connectivity index (χ0) is 15.9. The number of H-pyrrole nitrogens is 2. The number of aromatic amines is 2. The molecule has 4 nitrogen and oxygen atoms in total. The highest BCUT2D eigenvalue weighted by molar-refractivity contribution is 5.81. The first-order valence-electron chi connectivity index (χ1n) is 7.87. The SMILES string of the molecule is c1ccc2[nH]c(-c3ccc(-c4nc5ccccc5[nH]4)cc3)nc2c1. The molecule has 4 heteroatoms. The van der Waals surface area contributed by atoms with Crippen LogP contribution in [0.2, 0.25) is 0 Å². The Morgan fingerprint density at radius 1 is 0.500 bits per heavy atom. The van der Waals surface area contributed by atoms with Gasteiger partial charge in [-0.1, -0.05) is 48.5 Å². The van der Waals surface area contributed by atoms with E-state index in [4.69, 9.17) is 0 Å². The Kier molecular flexibility index (Phi) is 2.76. The van der Waals surface area contributed by atoms with Crippen molar-refractivity contribution in [3.05, 3.63) is 72.8 Å². The second-order valence-corrected chi connectivity index (χ2v) is 5.78. The Labute approximate surface area is 138 Å². The van der Waals surface area contributed by atoms with E-state index in [0.29, 0.717) is 0 Å². The number of fused-ring (bicyclic) bond motifs is 2. The van der Waals surface area contributed by atoms with E-state index in [0.717, 1.165) is 44.8 Å². The zero-order valence-corrected chi connectivity index (χ0v) is 12.8. The molecule has 0 saturated carbocycles. The third kappa shape index (κ3) is 2.08. The molecular formula is C20H14N4. The van der Waals surface area contributed by atoms with Crippen molar-refractivity contribution in [3.8, 4) is 22.8 Å². The van der Waals surface area contributed by atoms with Crippen molar-refractivity contribution in [1.29, 1.82) is 0 Å². The number of imidazole rings is 2. The number of nitrogens with one attached hydrogen (secondary N) is 2. The van der Waals surface area contributed by atoms with E-state index in [-0.39, 0.29) is 0 Å². The van der Waals surface area contributed by atoms with Gasteiger partial charge in [0.15, 0.2) is 0 Å². The van der Waals surface area contributed by atoms with E-state index in [1.54, 1.807) is 0 Å². The van der Waals surface area contributed by atoms with Gasteiger partial charge in [-0.05, 0) is 24.3 Å². The lowest BCUT2D eigenvalue weighted by Gasteiger charge is -1.99. The smallest absolute Gasteiger partial charge is 0.138 e. The first kappa shape index (κ1) is 13.1. The van der Waals surface area contributed by atoms with Crippen LogP contribution < -0.4 is 0 Å². The second-order valence-electron chi connectivity index (χ2n) is 5.78. The van der Waals surface area contributed by atoms with Gasteiger partial charge in [-0.2, -0.15) is 0 Å². The topological polar surface area (TPSA) is 57.4 Å². The van der Waals surface area contributed by atoms with Crippen molar-refractivity contribution in [2.75, 3.05) is 0 Å². The van der Waals surface area contributed by atoms with Gasteiger partial charge in [0.2, 0.25) is 0 Å². The van der Waals surface area contributed by atoms with Crippen LogP contribution in [-0.2, 0) is 0 Å². The summed E-state index contributed by atoms with van der Waals surface area (Å²) < 4.78 is 0. The number of benzene rings is 3. The highest BCUT2D eigenvalue weighted by Gasteiger charge is 2.07. The monoisotopic (exact) mass is 310 g/mol. The molecule has 2 aromatic heterocycles. The van der Waals surface area contributed by atoms with Gasteiger partial charge in [-0.25, -0.2) is 9.97 Å². The summed E-state index contributed by atoms with van der Waals surface area (Å²) >= 11 is 0. The lowest BCUT2D eigenvalue weighted by Crippen LogP contribution is -1.83. The Balaban J connectivity index is 1.54. The Bertz CT molecular complexity index is 990. The van der Waals surface area contributed by atoms with Crippen molar-refractivity contribution < 1.29 is 0 Å². The lowest BCUT2D eigenvalue weighted by molar-refractivity contribution is 1.32. The first-order valence-corrected chi connectivity index (χ1v) is 7.87. The van der Waals surface area contributed by atoms with Crippen LogP contribution in [0.25, 0.3) is 44.8 Å². The van der Waals surface area contributed by atoms with Crippen LogP contribution in [0, 0.1) is 0 Å². The van der Waals surface area contributed by atoms with Gasteiger partial charge >= 0.3 is 0 Å². The number of para-hydroxylation sites is 4. The van der Waals surface area contributed by atoms with Gasteiger partial charge in [-0.15, -0.1) is 0 Å². The fourth-order valence-electron chi connectivity index (χ4n) is 2.97. The van der Waals surface area contributed by atoms with E-state index in [1.807, 2.05) is 48.5 Å². The summed E-state index contributed by atoms with van der Waals surface area (Å²) in [5.41, 5.74) is 6.18. The van der Waals surface area contributed by atoms with Crippen molar-refractivity contribution in [2.45, 2.75) is 0 Å². The van der Waals surface area contributed by atoms with Crippen LogP contribution in [0.3, 0.4) is 0 Å². The molecule has 0 saturated heterocycles. The molecule has 2 heterocycles. The maximum absolute atomic E-state index is 4.64. The average Bonchev–Trinajstić information content (AvgIpc) is 3.25. The van der Waals surface area contributed by atoms with Gasteiger partial charge in [0, 0.05) is 11.1 Å². The van der Waals surface area contributed by atoms with Crippen LogP contribution in [0.4, 0.5) is 0 Å². The average molecular weight is 310 g/mol. The summed E-state index contributed by atoms with van der Waals surface area (Å²) in [6, 6.07) is 24.4. The minimum atomic E-state index is 0.882. The number of aromatic nitrogens is 4. The minimum absolute atomic E-state index is 0.882. The molecular weight excluding hydrogens is 296 g/mol. The predicted octanol–water partition coefficient (Wildman–Crippen LogP) is 4.77. The van der Waals surface area contributed by atoms with Gasteiger partial charge in [0.25, 0.3) is 0 Å². The minimum Gasteiger partial charge on any atom is -0.338 e. The summed E-state index contributed by atoms with van der Waals surface area (Å²) in [4.78, 5) is 16.0. The van der Waals surface area contributed by atoms with Crippen LogP contribution in [-0.4, -0.2) is 19.9 Å². The van der Waals surface area contributed by atoms with Crippen LogP contribution in [0.5, 0.6) is 0 Å². The van der Waals surface area contributed by atoms with Crippen molar-refractivity contribution in [3.63, 3.8) is 0 Å². The molecule has 0 aliphatic rings. The molecule has 0 unspecified atom stereocenters. The molecule has 5 aromatic rings. The summed E-state index contributed by atoms with van der Waals surface area (Å²) in [6.45, 7) is 0. The van der Waals surface area contributed by atoms with Gasteiger partial charge in [0.1, 0.15) is 11.6 Å². The van der Waals surface area contributed by atoms with Crippen molar-refractivity contribution in [1.82, 2.24) is 19.9 Å². The van der Waals surface area contributed by atoms with Gasteiger partial charge < -0.3 is 9.97 Å². The van der Waals surface area contributed by atoms with Crippen LogP contribution in [0.15, 0.2) is 72.8 Å². The van der Waals surface area contributed by atoms with E-state index in [9.17, 15) is 0 Å². The molecule has 24 heavy (non-hydrogen) atoms. The third-order valence-corrected chi connectivity index (χ3v) is 4.21. The Morgan fingerprint density at radius 3 is 1.33 bits per heavy atom. The zero-order valence-electron chi connectivity index (χ0n) is 12.8. The molecule has 0 bridgehead atoms. The summed E-state index contributed by atoms with van der Waals surface area (Å²) in [5, 5.41) is 0. The highest BCUT2D eigenvalue weighted by Crippen LogP contribution is 2.25. The van der Waals surface area contributed by atoms with Gasteiger partial charge in [0.05, 0.1) is 22.1 Å². The van der Waals surface area contributed by atoms with Crippen molar-refractivity contribution in [2.24, 2.45) is 0 Å². The molecule has 114 valence electrons. The van der Waals surface area contributed by atoms with Crippen molar-refractivity contribution >= 4 is 22.1 Å². The Hall–Kier alpha value is -3.40. The number of hydrogen-bond donors (Lipinski definition) is 2. The van der Waals surface area contributed by atoms with E-state index < -0.39 is 0 Å². The molecule has 0 amide bonds. The molecule has 3 aromatic carbocycles. The maximum atomic E-state index is 4.64. The molecule has 0 atom stereocenters. The van der Waals surface area contributed by atoms with E-state index >= 15 is 0 Å². The second kappa shape index (κ2) is 5.06. The van der Waals surface area contributed by atoms with Crippen LogP contribution >= 0.6 is 0 Å². The molecule has 0 radical (unpaired) electrons. The third-order valence-electron chi connectivity index (χ3n) is 4.21. The predicted molar refractivity (Wildman–Crippen MR) is 96.6 cm³/mol. The largest absolute Gasteiger partial charge is 0.338 e. The first-order chi connectivity index (χ1) is 11.9.